The molecule has 0 fully saturated rings. The van der Waals surface area contributed by atoms with Crippen LogP contribution in [0.2, 0.25) is 0 Å². The zero-order valence-corrected chi connectivity index (χ0v) is 10.2. The van der Waals surface area contributed by atoms with Gasteiger partial charge in [0.1, 0.15) is 0 Å². The van der Waals surface area contributed by atoms with Crippen molar-refractivity contribution >= 4 is 0 Å². The highest BCUT2D eigenvalue weighted by Gasteiger charge is 2.03. The molecule has 1 aromatic carbocycles. The standard InChI is InChI=1S/C14H18N2/c1-4-5-13-7-6-11(2)14(10-13)16-9-8-12(3)15-16/h6-10H,4-5H2,1-3H3. The van der Waals surface area contributed by atoms with E-state index in [0.29, 0.717) is 0 Å². The summed E-state index contributed by atoms with van der Waals surface area (Å²) in [6, 6.07) is 8.66. The van der Waals surface area contributed by atoms with Gasteiger partial charge in [-0.3, -0.25) is 0 Å². The van der Waals surface area contributed by atoms with Crippen LogP contribution in [-0.2, 0) is 6.42 Å². The molecule has 0 N–H and O–H groups in total. The van der Waals surface area contributed by atoms with Crippen LogP contribution in [0.4, 0.5) is 0 Å². The zero-order chi connectivity index (χ0) is 11.5. The lowest BCUT2D eigenvalue weighted by atomic mass is 10.1. The number of aryl methyl sites for hydroxylation is 3. The first-order chi connectivity index (χ1) is 7.70. The van der Waals surface area contributed by atoms with Gasteiger partial charge in [0.2, 0.25) is 0 Å². The van der Waals surface area contributed by atoms with Gasteiger partial charge in [0.25, 0.3) is 0 Å². The predicted molar refractivity (Wildman–Crippen MR) is 67.0 cm³/mol. The van der Waals surface area contributed by atoms with E-state index < -0.39 is 0 Å². The Labute approximate surface area is 96.9 Å². The van der Waals surface area contributed by atoms with Crippen LogP contribution < -0.4 is 0 Å². The summed E-state index contributed by atoms with van der Waals surface area (Å²) in [6.07, 6.45) is 4.33. The van der Waals surface area contributed by atoms with Gasteiger partial charge in [-0.25, -0.2) is 4.68 Å². The van der Waals surface area contributed by atoms with E-state index in [4.69, 9.17) is 0 Å². The van der Waals surface area contributed by atoms with Crippen LogP contribution in [-0.4, -0.2) is 9.78 Å². The maximum absolute atomic E-state index is 4.46. The fourth-order valence-electron chi connectivity index (χ4n) is 1.90. The summed E-state index contributed by atoms with van der Waals surface area (Å²) >= 11 is 0. The fourth-order valence-corrected chi connectivity index (χ4v) is 1.90. The van der Waals surface area contributed by atoms with Gasteiger partial charge >= 0.3 is 0 Å². The van der Waals surface area contributed by atoms with E-state index in [-0.39, 0.29) is 0 Å². The summed E-state index contributed by atoms with van der Waals surface area (Å²) in [7, 11) is 0. The average Bonchev–Trinajstić information content (AvgIpc) is 2.68. The molecule has 0 radical (unpaired) electrons. The molecule has 2 nitrogen and oxygen atoms in total. The van der Waals surface area contributed by atoms with Crippen LogP contribution in [0, 0.1) is 13.8 Å². The van der Waals surface area contributed by atoms with Gasteiger partial charge in [-0.15, -0.1) is 0 Å². The van der Waals surface area contributed by atoms with Crippen molar-refractivity contribution in [2.75, 3.05) is 0 Å². The Kier molecular flexibility index (Phi) is 3.09. The van der Waals surface area contributed by atoms with E-state index in [0.717, 1.165) is 12.1 Å². The largest absolute Gasteiger partial charge is 0.240 e. The number of rotatable bonds is 3. The fraction of sp³-hybridized carbons (Fsp3) is 0.357. The summed E-state index contributed by atoms with van der Waals surface area (Å²) in [6.45, 7) is 6.35. The van der Waals surface area contributed by atoms with Crippen LogP contribution in [0.3, 0.4) is 0 Å². The number of aromatic nitrogens is 2. The van der Waals surface area contributed by atoms with Gasteiger partial charge in [0.05, 0.1) is 11.4 Å². The van der Waals surface area contributed by atoms with E-state index in [1.54, 1.807) is 0 Å². The highest BCUT2D eigenvalue weighted by molar-refractivity contribution is 5.42. The minimum absolute atomic E-state index is 1.06. The smallest absolute Gasteiger partial charge is 0.0677 e. The monoisotopic (exact) mass is 214 g/mol. The van der Waals surface area contributed by atoms with Crippen molar-refractivity contribution in [1.82, 2.24) is 9.78 Å². The van der Waals surface area contributed by atoms with E-state index in [9.17, 15) is 0 Å². The first kappa shape index (κ1) is 10.9. The second-order valence-corrected chi connectivity index (χ2v) is 4.27. The SMILES string of the molecule is CCCc1ccc(C)c(-n2ccc(C)n2)c1. The summed E-state index contributed by atoms with van der Waals surface area (Å²) in [5.41, 5.74) is 4.90. The Hall–Kier alpha value is -1.57. The number of hydrogen-bond acceptors (Lipinski definition) is 1. The van der Waals surface area contributed by atoms with Crippen molar-refractivity contribution in [1.29, 1.82) is 0 Å². The first-order valence-corrected chi connectivity index (χ1v) is 5.83. The summed E-state index contributed by atoms with van der Waals surface area (Å²) in [5.74, 6) is 0. The number of benzene rings is 1. The number of hydrogen-bond donors (Lipinski definition) is 0. The Morgan fingerprint density at radius 3 is 2.62 bits per heavy atom. The molecule has 1 aromatic heterocycles. The minimum Gasteiger partial charge on any atom is -0.240 e. The minimum atomic E-state index is 1.06. The molecule has 0 aliphatic rings. The maximum Gasteiger partial charge on any atom is 0.0677 e. The van der Waals surface area contributed by atoms with Crippen molar-refractivity contribution in [3.63, 3.8) is 0 Å². The molecule has 2 heteroatoms. The molecule has 2 rings (SSSR count). The van der Waals surface area contributed by atoms with E-state index in [1.807, 2.05) is 23.9 Å². The normalized spacial score (nSPS) is 10.7. The molecular weight excluding hydrogens is 196 g/mol. The lowest BCUT2D eigenvalue weighted by Crippen LogP contribution is -1.99. The summed E-state index contributed by atoms with van der Waals surface area (Å²) in [5, 5.41) is 4.46. The zero-order valence-electron chi connectivity index (χ0n) is 10.2. The van der Waals surface area contributed by atoms with Crippen molar-refractivity contribution in [3.8, 4) is 5.69 Å². The molecule has 0 unspecified atom stereocenters. The highest BCUT2D eigenvalue weighted by Crippen LogP contribution is 2.16. The molecule has 0 bridgehead atoms. The summed E-state index contributed by atoms with van der Waals surface area (Å²) in [4.78, 5) is 0. The number of nitrogens with zero attached hydrogens (tertiary/aromatic N) is 2. The molecule has 0 aliphatic carbocycles. The molecule has 0 atom stereocenters. The van der Waals surface area contributed by atoms with Crippen LogP contribution in [0.5, 0.6) is 0 Å². The van der Waals surface area contributed by atoms with Crippen LogP contribution in [0.25, 0.3) is 5.69 Å². The van der Waals surface area contributed by atoms with Gasteiger partial charge in [-0.2, -0.15) is 5.10 Å². The first-order valence-electron chi connectivity index (χ1n) is 5.83. The lowest BCUT2D eigenvalue weighted by Gasteiger charge is -2.08. The van der Waals surface area contributed by atoms with Gasteiger partial charge in [0.15, 0.2) is 0 Å². The van der Waals surface area contributed by atoms with Gasteiger partial charge < -0.3 is 0 Å². The molecule has 84 valence electrons. The molecule has 0 amide bonds. The van der Waals surface area contributed by atoms with E-state index in [1.165, 1.54) is 23.2 Å². The molecule has 2 aromatic rings. The van der Waals surface area contributed by atoms with Crippen LogP contribution in [0.1, 0.15) is 30.2 Å². The molecule has 16 heavy (non-hydrogen) atoms. The van der Waals surface area contributed by atoms with Crippen molar-refractivity contribution in [2.24, 2.45) is 0 Å². The topological polar surface area (TPSA) is 17.8 Å². The van der Waals surface area contributed by atoms with Crippen molar-refractivity contribution in [3.05, 3.63) is 47.3 Å². The lowest BCUT2D eigenvalue weighted by molar-refractivity contribution is 0.847. The third kappa shape index (κ3) is 2.16. The Balaban J connectivity index is 2.42. The highest BCUT2D eigenvalue weighted by atomic mass is 15.3. The van der Waals surface area contributed by atoms with E-state index >= 15 is 0 Å². The molecule has 0 aliphatic heterocycles. The van der Waals surface area contributed by atoms with Crippen LogP contribution in [0.15, 0.2) is 30.5 Å². The second kappa shape index (κ2) is 4.52. The maximum atomic E-state index is 4.46. The van der Waals surface area contributed by atoms with Crippen molar-refractivity contribution in [2.45, 2.75) is 33.6 Å². The third-order valence-corrected chi connectivity index (χ3v) is 2.78. The molecular formula is C14H18N2. The van der Waals surface area contributed by atoms with Crippen molar-refractivity contribution < 1.29 is 0 Å². The average molecular weight is 214 g/mol. The van der Waals surface area contributed by atoms with Gasteiger partial charge in [-0.05, 0) is 43.5 Å². The van der Waals surface area contributed by atoms with Gasteiger partial charge in [0, 0.05) is 6.20 Å². The third-order valence-electron chi connectivity index (χ3n) is 2.78. The summed E-state index contributed by atoms with van der Waals surface area (Å²) < 4.78 is 1.96. The van der Waals surface area contributed by atoms with E-state index in [2.05, 4.69) is 37.1 Å². The van der Waals surface area contributed by atoms with Gasteiger partial charge in [-0.1, -0.05) is 25.5 Å². The molecule has 0 saturated carbocycles. The second-order valence-electron chi connectivity index (χ2n) is 4.27. The Morgan fingerprint density at radius 1 is 1.19 bits per heavy atom. The molecule has 1 heterocycles. The Morgan fingerprint density at radius 2 is 2.00 bits per heavy atom. The Bertz CT molecular complexity index is 483. The molecule has 0 saturated heterocycles. The molecule has 0 spiro atoms. The quantitative estimate of drug-likeness (QED) is 0.765. The van der Waals surface area contributed by atoms with Crippen LogP contribution >= 0.6 is 0 Å². The predicted octanol–water partition coefficient (Wildman–Crippen LogP) is 3.44.